The van der Waals surface area contributed by atoms with Gasteiger partial charge in [-0.1, -0.05) is 11.6 Å². The molecule has 0 fully saturated rings. The van der Waals surface area contributed by atoms with Crippen molar-refractivity contribution in [1.29, 1.82) is 0 Å². The number of sulfonamides is 1. The molecule has 1 aromatic heterocycles. The molecule has 0 saturated heterocycles. The summed E-state index contributed by atoms with van der Waals surface area (Å²) >= 11 is 5.40. The van der Waals surface area contributed by atoms with Gasteiger partial charge in [-0.2, -0.15) is 0 Å². The molecule has 8 heteroatoms. The van der Waals surface area contributed by atoms with Crippen LogP contribution in [0.5, 0.6) is 0 Å². The molecule has 4 nitrogen and oxygen atoms in total. The highest BCUT2D eigenvalue weighted by Gasteiger charge is 2.17. The van der Waals surface area contributed by atoms with Crippen molar-refractivity contribution in [2.45, 2.75) is 11.5 Å². The normalized spacial score (nSPS) is 12.1. The third kappa shape index (κ3) is 2.37. The lowest BCUT2D eigenvalue weighted by atomic mass is 10.3. The Morgan fingerprint density at radius 2 is 2.07 bits per heavy atom. The van der Waals surface area contributed by atoms with Crippen LogP contribution in [-0.4, -0.2) is 13.4 Å². The first kappa shape index (κ1) is 11.3. The fourth-order valence-electron chi connectivity index (χ4n) is 0.769. The van der Waals surface area contributed by atoms with Gasteiger partial charge in [0.05, 0.1) is 5.02 Å². The van der Waals surface area contributed by atoms with E-state index in [0.29, 0.717) is 0 Å². The standard InChI is InChI=1S/C6H5ClF2N2O2S/c7-4-1-3(5(8)9)2-11-6(4)14(10,12)13/h1-2,5H,(H2,10,12,13). The van der Waals surface area contributed by atoms with Gasteiger partial charge < -0.3 is 0 Å². The first-order valence-electron chi connectivity index (χ1n) is 3.29. The number of pyridine rings is 1. The van der Waals surface area contributed by atoms with E-state index in [1.807, 2.05) is 0 Å². The molecule has 0 aromatic carbocycles. The Kier molecular flexibility index (Phi) is 3.03. The fourth-order valence-corrected chi connectivity index (χ4v) is 1.80. The second-order valence-corrected chi connectivity index (χ2v) is 4.29. The highest BCUT2D eigenvalue weighted by Crippen LogP contribution is 2.24. The summed E-state index contributed by atoms with van der Waals surface area (Å²) in [6.45, 7) is 0. The molecule has 0 unspecified atom stereocenters. The second-order valence-electron chi connectivity index (χ2n) is 2.40. The van der Waals surface area contributed by atoms with E-state index >= 15 is 0 Å². The van der Waals surface area contributed by atoms with Crippen molar-refractivity contribution in [3.63, 3.8) is 0 Å². The Morgan fingerprint density at radius 3 is 2.43 bits per heavy atom. The third-order valence-electron chi connectivity index (χ3n) is 1.35. The van der Waals surface area contributed by atoms with Crippen LogP contribution in [0.1, 0.15) is 12.0 Å². The second kappa shape index (κ2) is 3.76. The fraction of sp³-hybridized carbons (Fsp3) is 0.167. The molecule has 1 aromatic rings. The third-order valence-corrected chi connectivity index (χ3v) is 2.61. The summed E-state index contributed by atoms with van der Waals surface area (Å²) in [4.78, 5) is 3.25. The van der Waals surface area contributed by atoms with E-state index in [9.17, 15) is 17.2 Å². The maximum atomic E-state index is 12.1. The van der Waals surface area contributed by atoms with Crippen LogP contribution in [-0.2, 0) is 10.0 Å². The average Bonchev–Trinajstić information content (AvgIpc) is 2.01. The number of hydrogen-bond donors (Lipinski definition) is 1. The van der Waals surface area contributed by atoms with Gasteiger partial charge in [0, 0.05) is 11.8 Å². The number of alkyl halides is 2. The summed E-state index contributed by atoms with van der Waals surface area (Å²) in [7, 11) is -4.06. The Labute approximate surface area is 83.8 Å². The van der Waals surface area contributed by atoms with E-state index in [1.54, 1.807) is 0 Å². The van der Waals surface area contributed by atoms with Crippen molar-refractivity contribution in [2.75, 3.05) is 0 Å². The van der Waals surface area contributed by atoms with Gasteiger partial charge in [-0.3, -0.25) is 0 Å². The van der Waals surface area contributed by atoms with Gasteiger partial charge in [0.2, 0.25) is 0 Å². The summed E-state index contributed by atoms with van der Waals surface area (Å²) < 4.78 is 45.7. The molecule has 2 N–H and O–H groups in total. The quantitative estimate of drug-likeness (QED) is 0.850. The number of halogens is 3. The van der Waals surface area contributed by atoms with Crippen LogP contribution < -0.4 is 5.14 Å². The molecule has 0 aliphatic carbocycles. The van der Waals surface area contributed by atoms with Gasteiger partial charge in [-0.05, 0) is 6.07 Å². The summed E-state index contributed by atoms with van der Waals surface area (Å²) in [5, 5.41) is 3.70. The van der Waals surface area contributed by atoms with Crippen LogP contribution in [0, 0.1) is 0 Å². The van der Waals surface area contributed by atoms with Crippen molar-refractivity contribution in [2.24, 2.45) is 5.14 Å². The molecule has 0 atom stereocenters. The minimum Gasteiger partial charge on any atom is -0.242 e. The Balaban J connectivity index is 3.28. The van der Waals surface area contributed by atoms with Gasteiger partial charge in [0.25, 0.3) is 16.4 Å². The Hall–Kier alpha value is -0.790. The average molecular weight is 243 g/mol. The molecule has 1 rings (SSSR count). The molecule has 0 amide bonds. The van der Waals surface area contributed by atoms with Crippen LogP contribution in [0.3, 0.4) is 0 Å². The maximum absolute atomic E-state index is 12.1. The van der Waals surface area contributed by atoms with Crippen LogP contribution in [0.25, 0.3) is 0 Å². The number of nitrogens with two attached hydrogens (primary N) is 1. The molecule has 0 spiro atoms. The van der Waals surface area contributed by atoms with E-state index in [2.05, 4.69) is 4.98 Å². The Morgan fingerprint density at radius 1 is 1.50 bits per heavy atom. The van der Waals surface area contributed by atoms with Crippen molar-refractivity contribution < 1.29 is 17.2 Å². The largest absolute Gasteiger partial charge is 0.265 e. The smallest absolute Gasteiger partial charge is 0.242 e. The molecular weight excluding hydrogens is 238 g/mol. The molecule has 0 saturated carbocycles. The van der Waals surface area contributed by atoms with Crippen molar-refractivity contribution in [3.8, 4) is 0 Å². The molecule has 78 valence electrons. The highest BCUT2D eigenvalue weighted by atomic mass is 35.5. The lowest BCUT2D eigenvalue weighted by Crippen LogP contribution is -2.14. The van der Waals surface area contributed by atoms with Gasteiger partial charge in [0.1, 0.15) is 0 Å². The molecular formula is C6H5ClF2N2O2S. The summed E-state index contributed by atoms with van der Waals surface area (Å²) in [5.74, 6) is 0. The first-order chi connectivity index (χ1) is 6.32. The van der Waals surface area contributed by atoms with Gasteiger partial charge in [0.15, 0.2) is 5.03 Å². The minimum absolute atomic E-state index is 0.412. The van der Waals surface area contributed by atoms with Crippen molar-refractivity contribution in [3.05, 3.63) is 22.8 Å². The topological polar surface area (TPSA) is 73.1 Å². The van der Waals surface area contributed by atoms with Crippen LogP contribution in [0.15, 0.2) is 17.3 Å². The van der Waals surface area contributed by atoms with E-state index in [4.69, 9.17) is 16.7 Å². The molecule has 0 bridgehead atoms. The number of rotatable bonds is 2. The van der Waals surface area contributed by atoms with Crippen LogP contribution in [0.4, 0.5) is 8.78 Å². The zero-order valence-electron chi connectivity index (χ0n) is 6.62. The van der Waals surface area contributed by atoms with Crippen LogP contribution >= 0.6 is 11.6 Å². The first-order valence-corrected chi connectivity index (χ1v) is 5.21. The summed E-state index contributed by atoms with van der Waals surface area (Å²) in [6.07, 6.45) is -2.04. The van der Waals surface area contributed by atoms with E-state index in [1.165, 1.54) is 0 Å². The van der Waals surface area contributed by atoms with E-state index in [0.717, 1.165) is 12.3 Å². The van der Waals surface area contributed by atoms with Gasteiger partial charge in [-0.25, -0.2) is 27.3 Å². The lowest BCUT2D eigenvalue weighted by molar-refractivity contribution is 0.151. The predicted molar refractivity (Wildman–Crippen MR) is 45.6 cm³/mol. The number of hydrogen-bond acceptors (Lipinski definition) is 3. The number of nitrogens with zero attached hydrogens (tertiary/aromatic N) is 1. The summed E-state index contributed by atoms with van der Waals surface area (Å²) in [6, 6.07) is 0.818. The monoisotopic (exact) mass is 242 g/mol. The zero-order chi connectivity index (χ0) is 10.9. The van der Waals surface area contributed by atoms with E-state index in [-0.39, 0.29) is 0 Å². The SMILES string of the molecule is NS(=O)(=O)c1ncc(C(F)F)cc1Cl. The predicted octanol–water partition coefficient (Wildman–Crippen LogP) is 1.32. The lowest BCUT2D eigenvalue weighted by Gasteiger charge is -2.03. The summed E-state index contributed by atoms with van der Waals surface area (Å²) in [5.41, 5.74) is -0.456. The molecule has 14 heavy (non-hydrogen) atoms. The number of primary sulfonamides is 1. The maximum Gasteiger partial charge on any atom is 0.265 e. The van der Waals surface area contributed by atoms with Crippen molar-refractivity contribution in [1.82, 2.24) is 4.98 Å². The molecule has 0 radical (unpaired) electrons. The van der Waals surface area contributed by atoms with Gasteiger partial charge >= 0.3 is 0 Å². The Bertz CT molecular complexity index is 449. The van der Waals surface area contributed by atoms with Crippen LogP contribution in [0.2, 0.25) is 5.02 Å². The molecule has 0 aliphatic heterocycles. The van der Waals surface area contributed by atoms with E-state index < -0.39 is 32.1 Å². The molecule has 1 heterocycles. The highest BCUT2D eigenvalue weighted by molar-refractivity contribution is 7.89. The minimum atomic E-state index is -4.06. The van der Waals surface area contributed by atoms with Crippen molar-refractivity contribution >= 4 is 21.6 Å². The molecule has 0 aliphatic rings. The number of aromatic nitrogens is 1. The van der Waals surface area contributed by atoms with Gasteiger partial charge in [-0.15, -0.1) is 0 Å². The zero-order valence-corrected chi connectivity index (χ0v) is 8.19.